The lowest BCUT2D eigenvalue weighted by Gasteiger charge is -2.19. The molecule has 32 heavy (non-hydrogen) atoms. The number of hydrogen-bond donors (Lipinski definition) is 3. The summed E-state index contributed by atoms with van der Waals surface area (Å²) < 4.78 is 40.0. The van der Waals surface area contributed by atoms with Crippen LogP contribution in [0.15, 0.2) is 47.6 Å². The number of guanidine groups is 1. The third-order valence-corrected chi connectivity index (χ3v) is 5.75. The molecule has 0 radical (unpaired) electrons. The fourth-order valence-electron chi connectivity index (χ4n) is 4.06. The first-order valence-electron chi connectivity index (χ1n) is 10.4. The Labute approximate surface area is 202 Å². The van der Waals surface area contributed by atoms with E-state index in [0.29, 0.717) is 18.2 Å². The van der Waals surface area contributed by atoms with Crippen LogP contribution in [-0.2, 0) is 6.42 Å². The van der Waals surface area contributed by atoms with Crippen molar-refractivity contribution in [2.75, 3.05) is 38.1 Å². The summed E-state index contributed by atoms with van der Waals surface area (Å²) in [5, 5.41) is 7.68. The topological polar surface area (TPSA) is 55.5 Å². The van der Waals surface area contributed by atoms with Crippen LogP contribution < -0.4 is 15.5 Å². The minimum absolute atomic E-state index is 0. The fourth-order valence-corrected chi connectivity index (χ4v) is 4.06. The molecular weight excluding hydrogens is 530 g/mol. The first kappa shape index (κ1) is 24.2. The van der Waals surface area contributed by atoms with Crippen molar-refractivity contribution in [1.29, 1.82) is 0 Å². The van der Waals surface area contributed by atoms with Gasteiger partial charge in [-0.15, -0.1) is 24.0 Å². The first-order chi connectivity index (χ1) is 15.0. The minimum Gasteiger partial charge on any atom is -0.371 e. The number of benzene rings is 2. The lowest BCUT2D eigenvalue weighted by atomic mass is 10.1. The first-order valence-corrected chi connectivity index (χ1v) is 10.4. The van der Waals surface area contributed by atoms with Crippen LogP contribution in [0.4, 0.5) is 18.9 Å². The molecule has 1 atom stereocenters. The van der Waals surface area contributed by atoms with E-state index in [-0.39, 0.29) is 29.8 Å². The summed E-state index contributed by atoms with van der Waals surface area (Å²) in [6.45, 7) is 3.02. The van der Waals surface area contributed by atoms with Gasteiger partial charge in [-0.05, 0) is 54.7 Å². The van der Waals surface area contributed by atoms with Gasteiger partial charge in [0.1, 0.15) is 5.82 Å². The van der Waals surface area contributed by atoms with Gasteiger partial charge in [0.25, 0.3) is 0 Å². The number of rotatable bonds is 6. The van der Waals surface area contributed by atoms with E-state index in [0.717, 1.165) is 54.9 Å². The summed E-state index contributed by atoms with van der Waals surface area (Å²) >= 11 is 0. The number of aromatic nitrogens is 1. The second-order valence-corrected chi connectivity index (χ2v) is 7.83. The average Bonchev–Trinajstić information content (AvgIpc) is 3.39. The molecule has 2 heterocycles. The lowest BCUT2D eigenvalue weighted by Crippen LogP contribution is -2.41. The van der Waals surface area contributed by atoms with Crippen LogP contribution in [0.5, 0.6) is 0 Å². The van der Waals surface area contributed by atoms with Crippen LogP contribution in [0, 0.1) is 23.4 Å². The molecule has 1 aromatic heterocycles. The highest BCUT2D eigenvalue weighted by Crippen LogP contribution is 2.25. The van der Waals surface area contributed by atoms with Gasteiger partial charge in [-0.3, -0.25) is 4.99 Å². The monoisotopic (exact) mass is 557 g/mol. The Bertz CT molecular complexity index is 1080. The molecule has 1 aliphatic rings. The highest BCUT2D eigenvalue weighted by atomic mass is 127. The SMILES string of the molecule is CN=C(NCCc1c[nH]c2cc(F)ccc12)NCC1CCN(c2ccc(F)c(F)c2)C1.I. The van der Waals surface area contributed by atoms with E-state index < -0.39 is 11.6 Å². The highest BCUT2D eigenvalue weighted by Gasteiger charge is 2.23. The third kappa shape index (κ3) is 5.67. The van der Waals surface area contributed by atoms with Gasteiger partial charge in [-0.2, -0.15) is 0 Å². The zero-order valence-electron chi connectivity index (χ0n) is 17.8. The molecular formula is C23H27F3IN5. The van der Waals surface area contributed by atoms with Crippen molar-refractivity contribution in [2.45, 2.75) is 12.8 Å². The molecule has 1 unspecified atom stereocenters. The molecule has 9 heteroatoms. The minimum atomic E-state index is -0.823. The van der Waals surface area contributed by atoms with Crippen LogP contribution in [0.25, 0.3) is 10.9 Å². The Morgan fingerprint density at radius 2 is 1.97 bits per heavy atom. The predicted molar refractivity (Wildman–Crippen MR) is 133 cm³/mol. The molecule has 2 aromatic carbocycles. The highest BCUT2D eigenvalue weighted by molar-refractivity contribution is 14.0. The maximum absolute atomic E-state index is 13.5. The van der Waals surface area contributed by atoms with Crippen LogP contribution in [-0.4, -0.2) is 44.2 Å². The quantitative estimate of drug-likeness (QED) is 0.239. The van der Waals surface area contributed by atoms with Gasteiger partial charge in [0.2, 0.25) is 0 Å². The van der Waals surface area contributed by atoms with E-state index in [1.807, 2.05) is 6.20 Å². The molecule has 0 saturated carbocycles. The molecule has 172 valence electrons. The summed E-state index contributed by atoms with van der Waals surface area (Å²) in [7, 11) is 1.73. The number of hydrogen-bond acceptors (Lipinski definition) is 2. The molecule has 5 nitrogen and oxygen atoms in total. The van der Waals surface area contributed by atoms with Crippen molar-refractivity contribution in [3.05, 3.63) is 65.6 Å². The van der Waals surface area contributed by atoms with E-state index in [1.54, 1.807) is 19.2 Å². The second-order valence-electron chi connectivity index (χ2n) is 7.83. The molecule has 3 aromatic rings. The van der Waals surface area contributed by atoms with E-state index >= 15 is 0 Å². The maximum atomic E-state index is 13.5. The van der Waals surface area contributed by atoms with Crippen molar-refractivity contribution in [1.82, 2.24) is 15.6 Å². The summed E-state index contributed by atoms with van der Waals surface area (Å²) in [5.41, 5.74) is 2.63. The van der Waals surface area contributed by atoms with Crippen molar-refractivity contribution in [3.63, 3.8) is 0 Å². The number of anilines is 1. The summed E-state index contributed by atoms with van der Waals surface area (Å²) in [6, 6.07) is 8.81. The lowest BCUT2D eigenvalue weighted by molar-refractivity contribution is 0.508. The molecule has 1 fully saturated rings. The Morgan fingerprint density at radius 3 is 2.75 bits per heavy atom. The molecule has 3 N–H and O–H groups in total. The van der Waals surface area contributed by atoms with Crippen molar-refractivity contribution >= 4 is 46.5 Å². The van der Waals surface area contributed by atoms with E-state index in [1.165, 1.54) is 24.3 Å². The Kier molecular flexibility index (Phi) is 8.27. The second kappa shape index (κ2) is 10.9. The maximum Gasteiger partial charge on any atom is 0.190 e. The zero-order valence-corrected chi connectivity index (χ0v) is 20.1. The molecule has 4 rings (SSSR count). The van der Waals surface area contributed by atoms with Gasteiger partial charge in [-0.1, -0.05) is 0 Å². The number of nitrogens with zero attached hydrogens (tertiary/aromatic N) is 2. The number of halogens is 4. The smallest absolute Gasteiger partial charge is 0.190 e. The fraction of sp³-hybridized carbons (Fsp3) is 0.348. The zero-order chi connectivity index (χ0) is 21.8. The van der Waals surface area contributed by atoms with E-state index in [2.05, 4.69) is 25.5 Å². The third-order valence-electron chi connectivity index (χ3n) is 5.75. The molecule has 0 bridgehead atoms. The number of aliphatic imine (C=N–C) groups is 1. The van der Waals surface area contributed by atoms with Crippen molar-refractivity contribution in [2.24, 2.45) is 10.9 Å². The van der Waals surface area contributed by atoms with Crippen LogP contribution in [0.2, 0.25) is 0 Å². The van der Waals surface area contributed by atoms with Crippen LogP contribution >= 0.6 is 24.0 Å². The molecule has 0 spiro atoms. The summed E-state index contributed by atoms with van der Waals surface area (Å²) in [4.78, 5) is 9.45. The van der Waals surface area contributed by atoms with Gasteiger partial charge in [-0.25, -0.2) is 13.2 Å². The van der Waals surface area contributed by atoms with Crippen LogP contribution in [0.3, 0.4) is 0 Å². The Morgan fingerprint density at radius 1 is 1.12 bits per heavy atom. The van der Waals surface area contributed by atoms with E-state index in [9.17, 15) is 13.2 Å². The van der Waals surface area contributed by atoms with Gasteiger partial charge in [0.15, 0.2) is 17.6 Å². The number of fused-ring (bicyclic) bond motifs is 1. The Hall–Kier alpha value is -2.43. The molecule has 1 aliphatic heterocycles. The molecule has 0 amide bonds. The number of nitrogens with one attached hydrogen (secondary N) is 3. The largest absolute Gasteiger partial charge is 0.371 e. The van der Waals surface area contributed by atoms with Crippen molar-refractivity contribution in [3.8, 4) is 0 Å². The van der Waals surface area contributed by atoms with Crippen LogP contribution in [0.1, 0.15) is 12.0 Å². The Balaban J connectivity index is 0.00000289. The standard InChI is InChI=1S/C23H26F3N5.HI/c1-27-23(28-8-6-16-13-29-22-10-17(24)2-4-19(16)22)30-12-15-7-9-31(14-15)18-3-5-20(25)21(26)11-18;/h2-5,10-11,13,15,29H,6-9,12,14H2,1H3,(H2,27,28,30);1H. The van der Waals surface area contributed by atoms with Crippen molar-refractivity contribution < 1.29 is 13.2 Å². The molecule has 0 aliphatic carbocycles. The summed E-state index contributed by atoms with van der Waals surface area (Å²) in [6.07, 6.45) is 3.65. The number of H-pyrrole nitrogens is 1. The average molecular weight is 557 g/mol. The molecule has 1 saturated heterocycles. The van der Waals surface area contributed by atoms with Gasteiger partial charge >= 0.3 is 0 Å². The van der Waals surface area contributed by atoms with Gasteiger partial charge < -0.3 is 20.5 Å². The van der Waals surface area contributed by atoms with Gasteiger partial charge in [0.05, 0.1) is 0 Å². The van der Waals surface area contributed by atoms with Gasteiger partial charge in [0, 0.05) is 62.1 Å². The van der Waals surface area contributed by atoms with E-state index in [4.69, 9.17) is 0 Å². The summed E-state index contributed by atoms with van der Waals surface area (Å²) in [5.74, 6) is -0.786. The predicted octanol–water partition coefficient (Wildman–Crippen LogP) is 4.44. The normalized spacial score (nSPS) is 16.3. The number of aromatic amines is 1.